The quantitative estimate of drug-likeness (QED) is 0.110. The van der Waals surface area contributed by atoms with Crippen LogP contribution in [0.1, 0.15) is 129 Å². The molecule has 0 radical (unpaired) electrons. The molecule has 0 N–H and O–H groups in total. The maximum atomic E-state index is 15.5. The van der Waals surface area contributed by atoms with Crippen molar-refractivity contribution in [3.63, 3.8) is 0 Å². The molecule has 1 fully saturated rings. The van der Waals surface area contributed by atoms with Crippen LogP contribution in [0, 0.1) is 41.0 Å². The van der Waals surface area contributed by atoms with Gasteiger partial charge in [0.15, 0.2) is 23.2 Å². The molecule has 0 spiro atoms. The van der Waals surface area contributed by atoms with Crippen LogP contribution < -0.4 is 4.74 Å². The zero-order valence-electron chi connectivity index (χ0n) is 29.1. The van der Waals surface area contributed by atoms with E-state index in [2.05, 4.69) is 19.9 Å². The maximum Gasteiger partial charge on any atom is 0.201 e. The zero-order chi connectivity index (χ0) is 33.9. The first-order chi connectivity index (χ1) is 23.4. The third-order valence-corrected chi connectivity index (χ3v) is 11.0. The molecule has 0 amide bonds. The summed E-state index contributed by atoms with van der Waals surface area (Å²) in [6.45, 7) is 4.71. The molecule has 1 saturated carbocycles. The molecule has 3 aromatic carbocycles. The molecule has 0 heterocycles. The fourth-order valence-corrected chi connectivity index (χ4v) is 7.94. The van der Waals surface area contributed by atoms with E-state index in [0.717, 1.165) is 62.4 Å². The predicted octanol–water partition coefficient (Wildman–Crippen LogP) is 13.9. The average molecular weight is 663 g/mol. The van der Waals surface area contributed by atoms with Crippen LogP contribution in [0.3, 0.4) is 0 Å². The molecule has 260 valence electrons. The highest BCUT2D eigenvalue weighted by Gasteiger charge is 2.29. The number of ether oxygens (including phenoxy) is 1. The fourth-order valence-electron chi connectivity index (χ4n) is 7.94. The minimum absolute atomic E-state index is 0.0905. The minimum atomic E-state index is -1.02. The number of halogens is 4. The van der Waals surface area contributed by atoms with Gasteiger partial charge in [-0.3, -0.25) is 0 Å². The molecule has 1 nitrogen and oxygen atoms in total. The lowest BCUT2D eigenvalue weighted by molar-refractivity contribution is 0.187. The second kappa shape index (κ2) is 18.1. The predicted molar refractivity (Wildman–Crippen MR) is 191 cm³/mol. The van der Waals surface area contributed by atoms with Gasteiger partial charge in [-0.25, -0.2) is 13.2 Å². The van der Waals surface area contributed by atoms with Crippen molar-refractivity contribution < 1.29 is 22.3 Å². The molecule has 0 aliphatic heterocycles. The molecular formula is C43H54F4O. The van der Waals surface area contributed by atoms with Gasteiger partial charge in [-0.05, 0) is 85.1 Å². The number of hydrogen-bond acceptors (Lipinski definition) is 1. The van der Waals surface area contributed by atoms with E-state index in [1.165, 1.54) is 76.3 Å². The number of rotatable bonds is 16. The van der Waals surface area contributed by atoms with Gasteiger partial charge in [0.25, 0.3) is 0 Å². The Hall–Kier alpha value is -3.08. The van der Waals surface area contributed by atoms with Gasteiger partial charge in [-0.2, -0.15) is 4.39 Å². The number of allylic oxidation sites excluding steroid dienone is 2. The van der Waals surface area contributed by atoms with E-state index in [1.54, 1.807) is 36.4 Å². The Labute approximate surface area is 286 Å². The summed E-state index contributed by atoms with van der Waals surface area (Å²) in [7, 11) is 0. The molecule has 0 bridgehead atoms. The SMILES string of the molecule is CCCCCCCC1CCC(C2CC=C(c3ccc(-c4ccc(-c5ccc(OCCCCCC)c(F)c5F)cc4)c(F)c3F)CC2)CC1. The van der Waals surface area contributed by atoms with Crippen LogP contribution >= 0.6 is 0 Å². The van der Waals surface area contributed by atoms with Gasteiger partial charge in [0, 0.05) is 16.7 Å². The topological polar surface area (TPSA) is 9.23 Å². The normalized spacial score (nSPS) is 19.7. The van der Waals surface area contributed by atoms with E-state index in [-0.39, 0.29) is 16.9 Å². The molecule has 1 unspecified atom stereocenters. The van der Waals surface area contributed by atoms with E-state index >= 15 is 8.78 Å². The maximum absolute atomic E-state index is 15.5. The summed E-state index contributed by atoms with van der Waals surface area (Å²) in [4.78, 5) is 0. The van der Waals surface area contributed by atoms with Crippen molar-refractivity contribution in [2.24, 2.45) is 17.8 Å². The monoisotopic (exact) mass is 662 g/mol. The molecule has 0 aromatic heterocycles. The van der Waals surface area contributed by atoms with E-state index in [4.69, 9.17) is 4.74 Å². The van der Waals surface area contributed by atoms with Crippen LogP contribution in [0.15, 0.2) is 54.6 Å². The number of unbranched alkanes of at least 4 members (excludes halogenated alkanes) is 7. The van der Waals surface area contributed by atoms with Crippen molar-refractivity contribution in [2.75, 3.05) is 6.61 Å². The van der Waals surface area contributed by atoms with Gasteiger partial charge in [0.1, 0.15) is 0 Å². The Kier molecular flexibility index (Phi) is 13.6. The van der Waals surface area contributed by atoms with Crippen molar-refractivity contribution >= 4 is 5.57 Å². The van der Waals surface area contributed by atoms with Crippen molar-refractivity contribution in [1.29, 1.82) is 0 Å². The summed E-state index contributed by atoms with van der Waals surface area (Å²) >= 11 is 0. The zero-order valence-corrected chi connectivity index (χ0v) is 29.1. The first-order valence-electron chi connectivity index (χ1n) is 18.8. The Morgan fingerprint density at radius 2 is 1.12 bits per heavy atom. The summed E-state index contributed by atoms with van der Waals surface area (Å²) in [6, 6.07) is 12.7. The fraction of sp³-hybridized carbons (Fsp3) is 0.535. The Bertz CT molecular complexity index is 1490. The first kappa shape index (κ1) is 36.2. The molecule has 5 rings (SSSR count). The average Bonchev–Trinajstić information content (AvgIpc) is 3.11. The summed E-state index contributed by atoms with van der Waals surface area (Å²) in [5, 5.41) is 0. The van der Waals surface area contributed by atoms with Gasteiger partial charge in [0.2, 0.25) is 5.82 Å². The molecule has 3 aromatic rings. The molecule has 1 atom stereocenters. The molecule has 5 heteroatoms. The molecular weight excluding hydrogens is 608 g/mol. The van der Waals surface area contributed by atoms with Crippen LogP contribution in [-0.4, -0.2) is 6.61 Å². The molecule has 48 heavy (non-hydrogen) atoms. The van der Waals surface area contributed by atoms with Crippen molar-refractivity contribution in [3.05, 3.63) is 83.4 Å². The van der Waals surface area contributed by atoms with Gasteiger partial charge >= 0.3 is 0 Å². The summed E-state index contributed by atoms with van der Waals surface area (Å²) in [6.07, 6.45) is 22.3. The van der Waals surface area contributed by atoms with Crippen LogP contribution in [-0.2, 0) is 0 Å². The van der Waals surface area contributed by atoms with Crippen LogP contribution in [0.25, 0.3) is 27.8 Å². The second-order valence-electron chi connectivity index (χ2n) is 14.3. The van der Waals surface area contributed by atoms with Crippen LogP contribution in [0.5, 0.6) is 5.75 Å². The molecule has 2 aliphatic rings. The van der Waals surface area contributed by atoms with Gasteiger partial charge in [-0.15, -0.1) is 0 Å². The van der Waals surface area contributed by atoms with E-state index in [0.29, 0.717) is 29.2 Å². The minimum Gasteiger partial charge on any atom is -0.490 e. The summed E-state index contributed by atoms with van der Waals surface area (Å²) < 4.78 is 66.2. The van der Waals surface area contributed by atoms with Gasteiger partial charge in [-0.1, -0.05) is 127 Å². The van der Waals surface area contributed by atoms with Crippen molar-refractivity contribution in [2.45, 2.75) is 123 Å². The molecule has 0 saturated heterocycles. The summed E-state index contributed by atoms with van der Waals surface area (Å²) in [5.74, 6) is -1.52. The second-order valence-corrected chi connectivity index (χ2v) is 14.3. The van der Waals surface area contributed by atoms with E-state index < -0.39 is 23.3 Å². The highest BCUT2D eigenvalue weighted by Crippen LogP contribution is 2.43. The Balaban J connectivity index is 1.17. The van der Waals surface area contributed by atoms with Gasteiger partial charge < -0.3 is 4.74 Å². The number of hydrogen-bond donors (Lipinski definition) is 0. The third kappa shape index (κ3) is 9.12. The van der Waals surface area contributed by atoms with Crippen molar-refractivity contribution in [3.8, 4) is 28.0 Å². The standard InChI is InChI=1S/C43H54F4O/c1-3-5-7-9-10-12-30-13-15-31(16-14-30)32-17-19-33(20-18-32)36-25-26-37(41(45)40(36)44)34-21-23-35(24-22-34)38-27-28-39(43(47)42(38)46)48-29-11-8-6-4-2/h19,21-28,30-32H,3-18,20,29H2,1-2H3. The third-order valence-electron chi connectivity index (χ3n) is 11.0. The Morgan fingerprint density at radius 3 is 1.75 bits per heavy atom. The van der Waals surface area contributed by atoms with E-state index in [9.17, 15) is 8.78 Å². The van der Waals surface area contributed by atoms with Crippen LogP contribution in [0.4, 0.5) is 17.6 Å². The lowest BCUT2D eigenvalue weighted by Gasteiger charge is -2.35. The smallest absolute Gasteiger partial charge is 0.201 e. The lowest BCUT2D eigenvalue weighted by Crippen LogP contribution is -2.23. The largest absolute Gasteiger partial charge is 0.490 e. The van der Waals surface area contributed by atoms with E-state index in [1.807, 2.05) is 0 Å². The highest BCUT2D eigenvalue weighted by molar-refractivity contribution is 5.74. The molecule has 2 aliphatic carbocycles. The Morgan fingerprint density at radius 1 is 0.562 bits per heavy atom. The van der Waals surface area contributed by atoms with Crippen molar-refractivity contribution in [1.82, 2.24) is 0 Å². The summed E-state index contributed by atoms with van der Waals surface area (Å²) in [5.41, 5.74) is 2.41. The first-order valence-corrected chi connectivity index (χ1v) is 18.8. The van der Waals surface area contributed by atoms with Gasteiger partial charge in [0.05, 0.1) is 6.61 Å². The van der Waals surface area contributed by atoms with Crippen LogP contribution in [0.2, 0.25) is 0 Å². The number of benzene rings is 3. The highest BCUT2D eigenvalue weighted by atomic mass is 19.2. The lowest BCUT2D eigenvalue weighted by atomic mass is 9.70.